The SMILES string of the molecule is CCOC(=O)C1=C(c2ccccc2)N=c2s/c(=C/c3ccc4c(c3)OCCO4)c(=O)n2[C@@H]1c1cccs1. The summed E-state index contributed by atoms with van der Waals surface area (Å²) in [4.78, 5) is 33.4. The van der Waals surface area contributed by atoms with Gasteiger partial charge < -0.3 is 14.2 Å². The third kappa shape index (κ3) is 4.30. The summed E-state index contributed by atoms with van der Waals surface area (Å²) in [5.74, 6) is 0.860. The number of esters is 1. The van der Waals surface area contributed by atoms with Crippen LogP contribution in [0.4, 0.5) is 0 Å². The summed E-state index contributed by atoms with van der Waals surface area (Å²) in [7, 11) is 0. The molecule has 0 unspecified atom stereocenters. The lowest BCUT2D eigenvalue weighted by Crippen LogP contribution is -2.39. The van der Waals surface area contributed by atoms with Gasteiger partial charge in [-0.1, -0.05) is 53.8 Å². The molecule has 0 radical (unpaired) electrons. The van der Waals surface area contributed by atoms with E-state index in [9.17, 15) is 9.59 Å². The first kappa shape index (κ1) is 23.4. The Bertz CT molecular complexity index is 1680. The van der Waals surface area contributed by atoms with Crippen molar-refractivity contribution in [2.45, 2.75) is 13.0 Å². The molecule has 6 rings (SSSR count). The predicted molar refractivity (Wildman–Crippen MR) is 143 cm³/mol. The van der Waals surface area contributed by atoms with Crippen LogP contribution in [-0.2, 0) is 9.53 Å². The van der Waals surface area contributed by atoms with E-state index in [0.29, 0.717) is 45.3 Å². The average molecular weight is 531 g/mol. The van der Waals surface area contributed by atoms with Crippen LogP contribution in [0.1, 0.15) is 29.0 Å². The molecule has 0 bridgehead atoms. The van der Waals surface area contributed by atoms with Crippen molar-refractivity contribution >= 4 is 40.4 Å². The molecule has 0 fully saturated rings. The zero-order valence-electron chi connectivity index (χ0n) is 19.9. The first-order valence-electron chi connectivity index (χ1n) is 11.9. The normalized spacial score (nSPS) is 16.8. The lowest BCUT2D eigenvalue weighted by atomic mass is 9.97. The van der Waals surface area contributed by atoms with Crippen molar-refractivity contribution in [3.05, 3.63) is 107 Å². The number of thiophene rings is 1. The molecular weight excluding hydrogens is 508 g/mol. The maximum atomic E-state index is 13.8. The Labute approximate surface area is 220 Å². The van der Waals surface area contributed by atoms with E-state index in [2.05, 4.69) is 0 Å². The lowest BCUT2D eigenvalue weighted by Gasteiger charge is -2.24. The Morgan fingerprint density at radius 1 is 1.11 bits per heavy atom. The van der Waals surface area contributed by atoms with Crippen LogP contribution in [0.5, 0.6) is 11.5 Å². The number of hydrogen-bond acceptors (Lipinski definition) is 8. The molecular formula is C28H22N2O5S2. The van der Waals surface area contributed by atoms with Crippen molar-refractivity contribution in [1.29, 1.82) is 0 Å². The minimum atomic E-state index is -0.645. The zero-order chi connectivity index (χ0) is 25.4. The highest BCUT2D eigenvalue weighted by Gasteiger charge is 2.35. The van der Waals surface area contributed by atoms with Gasteiger partial charge in [-0.3, -0.25) is 9.36 Å². The van der Waals surface area contributed by atoms with E-state index in [1.165, 1.54) is 22.7 Å². The van der Waals surface area contributed by atoms with Crippen LogP contribution < -0.4 is 24.4 Å². The first-order valence-corrected chi connectivity index (χ1v) is 13.5. The number of fused-ring (bicyclic) bond motifs is 2. The van der Waals surface area contributed by atoms with Crippen molar-refractivity contribution in [2.75, 3.05) is 19.8 Å². The molecule has 0 amide bonds. The molecule has 37 heavy (non-hydrogen) atoms. The van der Waals surface area contributed by atoms with Crippen molar-refractivity contribution in [1.82, 2.24) is 4.57 Å². The summed E-state index contributed by atoms with van der Waals surface area (Å²) < 4.78 is 18.9. The maximum Gasteiger partial charge on any atom is 0.338 e. The highest BCUT2D eigenvalue weighted by Crippen LogP contribution is 2.37. The van der Waals surface area contributed by atoms with Crippen molar-refractivity contribution < 1.29 is 19.0 Å². The van der Waals surface area contributed by atoms with Gasteiger partial charge >= 0.3 is 5.97 Å². The molecule has 2 aliphatic rings. The van der Waals surface area contributed by atoms with Crippen LogP contribution in [0, 0.1) is 0 Å². The minimum absolute atomic E-state index is 0.217. The second kappa shape index (κ2) is 9.84. The number of rotatable bonds is 5. The van der Waals surface area contributed by atoms with Gasteiger partial charge in [0.05, 0.1) is 22.4 Å². The van der Waals surface area contributed by atoms with Gasteiger partial charge in [0, 0.05) is 10.4 Å². The van der Waals surface area contributed by atoms with Crippen LogP contribution in [-0.4, -0.2) is 30.4 Å². The smallest absolute Gasteiger partial charge is 0.338 e. The highest BCUT2D eigenvalue weighted by molar-refractivity contribution is 7.10. The molecule has 2 aromatic heterocycles. The van der Waals surface area contributed by atoms with Crippen LogP contribution in [0.2, 0.25) is 0 Å². The summed E-state index contributed by atoms with van der Waals surface area (Å²) in [5.41, 5.74) is 2.26. The van der Waals surface area contributed by atoms with Gasteiger partial charge in [-0.15, -0.1) is 11.3 Å². The predicted octanol–water partition coefficient (Wildman–Crippen LogP) is 3.77. The molecule has 0 spiro atoms. The topological polar surface area (TPSA) is 79.1 Å². The third-order valence-corrected chi connectivity index (χ3v) is 7.96. The number of benzene rings is 2. The van der Waals surface area contributed by atoms with E-state index in [1.54, 1.807) is 11.5 Å². The largest absolute Gasteiger partial charge is 0.486 e. The minimum Gasteiger partial charge on any atom is -0.486 e. The van der Waals surface area contributed by atoms with Gasteiger partial charge in [-0.25, -0.2) is 9.79 Å². The summed E-state index contributed by atoms with van der Waals surface area (Å²) >= 11 is 2.78. The van der Waals surface area contributed by atoms with E-state index < -0.39 is 12.0 Å². The Balaban J connectivity index is 1.58. The molecule has 2 aromatic carbocycles. The van der Waals surface area contributed by atoms with Crippen molar-refractivity contribution in [2.24, 2.45) is 4.99 Å². The molecule has 7 nitrogen and oxygen atoms in total. The zero-order valence-corrected chi connectivity index (χ0v) is 21.5. The molecule has 0 saturated carbocycles. The van der Waals surface area contributed by atoms with E-state index in [-0.39, 0.29) is 12.2 Å². The van der Waals surface area contributed by atoms with Gasteiger partial charge in [-0.05, 0) is 42.1 Å². The maximum absolute atomic E-state index is 13.8. The average Bonchev–Trinajstić information content (AvgIpc) is 3.57. The number of carbonyl (C=O) groups is 1. The second-order valence-corrected chi connectivity index (χ2v) is 10.3. The Morgan fingerprint density at radius 2 is 1.92 bits per heavy atom. The second-order valence-electron chi connectivity index (χ2n) is 8.35. The fourth-order valence-electron chi connectivity index (χ4n) is 4.46. The van der Waals surface area contributed by atoms with Crippen molar-refractivity contribution in [3.63, 3.8) is 0 Å². The van der Waals surface area contributed by atoms with E-state index in [4.69, 9.17) is 19.2 Å². The molecule has 4 heterocycles. The molecule has 0 N–H and O–H groups in total. The highest BCUT2D eigenvalue weighted by atomic mass is 32.1. The number of hydrogen-bond donors (Lipinski definition) is 0. The number of nitrogens with zero attached hydrogens (tertiary/aromatic N) is 2. The number of aromatic nitrogens is 1. The first-order chi connectivity index (χ1) is 18.1. The van der Waals surface area contributed by atoms with Gasteiger partial charge in [0.15, 0.2) is 16.3 Å². The number of ether oxygens (including phenoxy) is 3. The third-order valence-electron chi connectivity index (χ3n) is 6.05. The van der Waals surface area contributed by atoms with E-state index in [0.717, 1.165) is 16.0 Å². The Hall–Kier alpha value is -3.95. The molecule has 4 aromatic rings. The van der Waals surface area contributed by atoms with E-state index >= 15 is 0 Å². The summed E-state index contributed by atoms with van der Waals surface area (Å²) in [5, 5.41) is 1.94. The molecule has 0 saturated heterocycles. The fraction of sp³-hybridized carbons (Fsp3) is 0.179. The molecule has 9 heteroatoms. The van der Waals surface area contributed by atoms with Gasteiger partial charge in [0.25, 0.3) is 5.56 Å². The van der Waals surface area contributed by atoms with Crippen molar-refractivity contribution in [3.8, 4) is 11.5 Å². The standard InChI is InChI=1S/C28H22N2O5S2/c1-2-33-27(32)23-24(18-7-4-3-5-8-18)29-28-30(25(23)21-9-6-14-36-21)26(31)22(37-28)16-17-10-11-19-20(15-17)35-13-12-34-19/h3-11,14-16,25H,2,12-13H2,1H3/b22-16+/t25-/m1/s1. The summed E-state index contributed by atoms with van der Waals surface area (Å²) in [6, 6.07) is 18.3. The quantitative estimate of drug-likeness (QED) is 0.367. The lowest BCUT2D eigenvalue weighted by molar-refractivity contribution is -0.138. The van der Waals surface area contributed by atoms with Gasteiger partial charge in [-0.2, -0.15) is 0 Å². The van der Waals surface area contributed by atoms with E-state index in [1.807, 2.05) is 72.1 Å². The van der Waals surface area contributed by atoms with Crippen LogP contribution in [0.3, 0.4) is 0 Å². The Morgan fingerprint density at radius 3 is 2.68 bits per heavy atom. The monoisotopic (exact) mass is 530 g/mol. The number of carbonyl (C=O) groups excluding carboxylic acids is 1. The molecule has 1 atom stereocenters. The number of thiazole rings is 1. The van der Waals surface area contributed by atoms with Gasteiger partial charge in [0.1, 0.15) is 19.3 Å². The summed E-state index contributed by atoms with van der Waals surface area (Å²) in [6.07, 6.45) is 1.82. The molecule has 186 valence electrons. The molecule has 2 aliphatic heterocycles. The Kier molecular flexibility index (Phi) is 6.23. The van der Waals surface area contributed by atoms with Crippen LogP contribution in [0.15, 0.2) is 81.4 Å². The summed E-state index contributed by atoms with van der Waals surface area (Å²) in [6.45, 7) is 2.98. The van der Waals surface area contributed by atoms with Crippen LogP contribution >= 0.6 is 22.7 Å². The van der Waals surface area contributed by atoms with Crippen LogP contribution in [0.25, 0.3) is 11.8 Å². The van der Waals surface area contributed by atoms with Gasteiger partial charge in [0.2, 0.25) is 0 Å². The fourth-order valence-corrected chi connectivity index (χ4v) is 6.28. The molecule has 0 aliphatic carbocycles.